The highest BCUT2D eigenvalue weighted by Gasteiger charge is 2.35. The van der Waals surface area contributed by atoms with Gasteiger partial charge in [0.2, 0.25) is 6.79 Å². The van der Waals surface area contributed by atoms with Gasteiger partial charge in [0.15, 0.2) is 11.5 Å². The van der Waals surface area contributed by atoms with Crippen molar-refractivity contribution in [1.29, 1.82) is 0 Å². The first-order valence-corrected chi connectivity index (χ1v) is 9.76. The molecule has 0 atom stereocenters. The monoisotopic (exact) mass is 401 g/mol. The number of imide groups is 1. The number of hydrogen-bond acceptors (Lipinski definition) is 5. The van der Waals surface area contributed by atoms with Crippen LogP contribution in [-0.2, 0) is 11.2 Å². The zero-order valence-corrected chi connectivity index (χ0v) is 16.4. The van der Waals surface area contributed by atoms with Gasteiger partial charge in [0, 0.05) is 18.3 Å². The topological polar surface area (TPSA) is 80.6 Å². The minimum atomic E-state index is -0.560. The fourth-order valence-electron chi connectivity index (χ4n) is 3.75. The molecule has 3 heterocycles. The van der Waals surface area contributed by atoms with Crippen molar-refractivity contribution >= 4 is 29.0 Å². The number of fused-ring (bicyclic) bond motifs is 2. The fourth-order valence-corrected chi connectivity index (χ4v) is 3.75. The number of carbonyl (C=O) groups is 2. The van der Waals surface area contributed by atoms with Crippen LogP contribution >= 0.6 is 0 Å². The molecule has 0 radical (unpaired) electrons. The lowest BCUT2D eigenvalue weighted by Gasteiger charge is -2.27. The van der Waals surface area contributed by atoms with E-state index in [1.807, 2.05) is 37.3 Å². The van der Waals surface area contributed by atoms with Crippen molar-refractivity contribution in [2.75, 3.05) is 11.7 Å². The van der Waals surface area contributed by atoms with E-state index < -0.39 is 6.03 Å². The molecule has 3 aliphatic heterocycles. The number of amides is 3. The predicted octanol–water partition coefficient (Wildman–Crippen LogP) is 3.99. The fraction of sp³-hybridized carbons (Fsp3) is 0.217. The number of nitrogens with zero attached hydrogens (tertiary/aromatic N) is 3. The van der Waals surface area contributed by atoms with Gasteiger partial charge in [-0.2, -0.15) is 4.99 Å². The average molecular weight is 401 g/mol. The van der Waals surface area contributed by atoms with E-state index in [2.05, 4.69) is 9.98 Å². The number of aliphatic imine (C=N–C) groups is 2. The smallest absolute Gasteiger partial charge is 0.355 e. The molecule has 0 aliphatic carbocycles. The molecular weight excluding hydrogens is 382 g/mol. The Morgan fingerprint density at radius 1 is 1.03 bits per heavy atom. The lowest BCUT2D eigenvalue weighted by atomic mass is 9.96. The van der Waals surface area contributed by atoms with Crippen LogP contribution in [0.1, 0.15) is 24.0 Å². The Hall–Kier alpha value is -3.74. The van der Waals surface area contributed by atoms with Crippen LogP contribution in [0.3, 0.4) is 0 Å². The maximum absolute atomic E-state index is 12.9. The third kappa shape index (κ3) is 3.28. The number of urea groups is 1. The first-order chi connectivity index (χ1) is 14.6. The molecule has 7 heteroatoms. The van der Waals surface area contributed by atoms with Crippen LogP contribution < -0.4 is 14.4 Å². The van der Waals surface area contributed by atoms with E-state index in [0.29, 0.717) is 29.8 Å². The quantitative estimate of drug-likeness (QED) is 0.776. The maximum atomic E-state index is 12.9. The van der Waals surface area contributed by atoms with Gasteiger partial charge in [-0.1, -0.05) is 18.2 Å². The minimum Gasteiger partial charge on any atom is -0.454 e. The first-order valence-electron chi connectivity index (χ1n) is 9.76. The van der Waals surface area contributed by atoms with Crippen molar-refractivity contribution in [2.24, 2.45) is 9.98 Å². The number of benzene rings is 2. The van der Waals surface area contributed by atoms with Gasteiger partial charge in [0.25, 0.3) is 5.91 Å². The van der Waals surface area contributed by atoms with Gasteiger partial charge < -0.3 is 9.47 Å². The van der Waals surface area contributed by atoms with Gasteiger partial charge in [0.05, 0.1) is 17.0 Å². The summed E-state index contributed by atoms with van der Waals surface area (Å²) in [6, 6.07) is 12.6. The van der Waals surface area contributed by atoms with E-state index in [-0.39, 0.29) is 12.7 Å². The van der Waals surface area contributed by atoms with Gasteiger partial charge in [0.1, 0.15) is 0 Å². The number of ether oxygens (including phenoxy) is 2. The molecule has 2 aromatic carbocycles. The lowest BCUT2D eigenvalue weighted by Crippen LogP contribution is -2.43. The summed E-state index contributed by atoms with van der Waals surface area (Å²) in [6.45, 7) is 2.16. The van der Waals surface area contributed by atoms with E-state index in [4.69, 9.17) is 9.47 Å². The second-order valence-electron chi connectivity index (χ2n) is 7.42. The summed E-state index contributed by atoms with van der Waals surface area (Å²) in [5.41, 5.74) is 4.35. The summed E-state index contributed by atoms with van der Waals surface area (Å²) < 4.78 is 10.8. The second kappa shape index (κ2) is 7.26. The van der Waals surface area contributed by atoms with Crippen LogP contribution in [0.5, 0.6) is 11.5 Å². The van der Waals surface area contributed by atoms with Crippen LogP contribution in [0.4, 0.5) is 10.5 Å². The molecular formula is C23H19N3O4. The molecule has 3 aliphatic rings. The van der Waals surface area contributed by atoms with Gasteiger partial charge in [-0.25, -0.2) is 9.69 Å². The summed E-state index contributed by atoms with van der Waals surface area (Å²) in [7, 11) is 0. The molecule has 2 aromatic rings. The maximum Gasteiger partial charge on any atom is 0.355 e. The third-order valence-corrected chi connectivity index (χ3v) is 5.31. The molecule has 30 heavy (non-hydrogen) atoms. The summed E-state index contributed by atoms with van der Waals surface area (Å²) in [6.07, 6.45) is 3.40. The SMILES string of the molecule is Cc1cccc(N2C(=O)N=C3CC(CCc4ccc5c(c4)OCO5)=NC=C3C2=O)c1. The zero-order valence-electron chi connectivity index (χ0n) is 16.4. The highest BCUT2D eigenvalue weighted by atomic mass is 16.7. The number of rotatable bonds is 4. The van der Waals surface area contributed by atoms with Gasteiger partial charge >= 0.3 is 6.03 Å². The zero-order chi connectivity index (χ0) is 20.7. The summed E-state index contributed by atoms with van der Waals surface area (Å²) in [5, 5.41) is 0. The number of carbonyl (C=O) groups excluding carboxylic acids is 2. The van der Waals surface area contributed by atoms with Crippen molar-refractivity contribution in [3.05, 3.63) is 65.4 Å². The average Bonchev–Trinajstić information content (AvgIpc) is 3.20. The van der Waals surface area contributed by atoms with Gasteiger partial charge in [-0.3, -0.25) is 9.79 Å². The molecule has 0 aromatic heterocycles. The molecule has 0 saturated carbocycles. The Morgan fingerprint density at radius 2 is 1.90 bits per heavy atom. The standard InChI is InChI=1S/C23H19N3O4/c1-14-3-2-4-17(9-14)26-22(27)18-12-24-16(11-19(18)25-23(26)28)7-5-15-6-8-20-21(10-15)30-13-29-20/h2-4,6,8-10,12H,5,7,11,13H2,1H3. The van der Waals surface area contributed by atoms with Crippen LogP contribution in [0.15, 0.2) is 64.2 Å². The van der Waals surface area contributed by atoms with E-state index in [0.717, 1.165) is 39.7 Å². The van der Waals surface area contributed by atoms with E-state index in [1.54, 1.807) is 12.1 Å². The predicted molar refractivity (Wildman–Crippen MR) is 113 cm³/mol. The largest absolute Gasteiger partial charge is 0.454 e. The minimum absolute atomic E-state index is 0.251. The van der Waals surface area contributed by atoms with Crippen molar-refractivity contribution < 1.29 is 19.1 Å². The van der Waals surface area contributed by atoms with E-state index in [1.165, 1.54) is 6.20 Å². The molecule has 0 fully saturated rings. The first kappa shape index (κ1) is 18.3. The van der Waals surface area contributed by atoms with Gasteiger partial charge in [-0.15, -0.1) is 0 Å². The Kier molecular flexibility index (Phi) is 4.43. The van der Waals surface area contributed by atoms with E-state index in [9.17, 15) is 9.59 Å². The summed E-state index contributed by atoms with van der Waals surface area (Å²) in [5.74, 6) is 1.13. The number of anilines is 1. The highest BCUT2D eigenvalue weighted by Crippen LogP contribution is 2.33. The summed E-state index contributed by atoms with van der Waals surface area (Å²) in [4.78, 5) is 35.3. The molecule has 0 spiro atoms. The number of aryl methyl sites for hydroxylation is 2. The molecule has 0 saturated heterocycles. The molecule has 5 rings (SSSR count). The number of hydrogen-bond donors (Lipinski definition) is 0. The van der Waals surface area contributed by atoms with Crippen LogP contribution in [-0.4, -0.2) is 30.2 Å². The normalized spacial score (nSPS) is 17.4. The second-order valence-corrected chi connectivity index (χ2v) is 7.42. The van der Waals surface area contributed by atoms with Crippen LogP contribution in [0.25, 0.3) is 0 Å². The van der Waals surface area contributed by atoms with Crippen LogP contribution in [0.2, 0.25) is 0 Å². The molecule has 0 N–H and O–H groups in total. The molecule has 0 bridgehead atoms. The molecule has 0 unspecified atom stereocenters. The van der Waals surface area contributed by atoms with Crippen molar-refractivity contribution in [2.45, 2.75) is 26.2 Å². The Morgan fingerprint density at radius 3 is 2.77 bits per heavy atom. The van der Waals surface area contributed by atoms with Crippen molar-refractivity contribution in [1.82, 2.24) is 0 Å². The third-order valence-electron chi connectivity index (χ3n) is 5.31. The molecule has 150 valence electrons. The van der Waals surface area contributed by atoms with Crippen molar-refractivity contribution in [3.63, 3.8) is 0 Å². The molecule has 7 nitrogen and oxygen atoms in total. The molecule has 3 amide bonds. The summed E-state index contributed by atoms with van der Waals surface area (Å²) >= 11 is 0. The van der Waals surface area contributed by atoms with Gasteiger partial charge in [-0.05, 0) is 55.2 Å². The Labute approximate surface area is 173 Å². The Balaban J connectivity index is 1.34. The Bertz CT molecular complexity index is 1160. The van der Waals surface area contributed by atoms with Crippen LogP contribution in [0, 0.1) is 6.92 Å². The lowest BCUT2D eigenvalue weighted by molar-refractivity contribution is -0.114. The van der Waals surface area contributed by atoms with Crippen molar-refractivity contribution in [3.8, 4) is 11.5 Å². The van der Waals surface area contributed by atoms with E-state index >= 15 is 0 Å². The highest BCUT2D eigenvalue weighted by molar-refractivity contribution is 6.40.